The first-order valence-corrected chi connectivity index (χ1v) is 7.45. The van der Waals surface area contributed by atoms with Crippen molar-refractivity contribution in [3.8, 4) is 17.6 Å². The minimum atomic E-state index is 0.365. The lowest BCUT2D eigenvalue weighted by atomic mass is 10.2. The van der Waals surface area contributed by atoms with E-state index in [1.807, 2.05) is 24.3 Å². The third-order valence-electron chi connectivity index (χ3n) is 2.09. The molecule has 1 aromatic heterocycles. The van der Waals surface area contributed by atoms with Gasteiger partial charge in [-0.2, -0.15) is 4.37 Å². The topological polar surface area (TPSA) is 61.0 Å². The van der Waals surface area contributed by atoms with Gasteiger partial charge in [-0.05, 0) is 29.7 Å². The molecule has 0 saturated carbocycles. The second kappa shape index (κ2) is 7.79. The van der Waals surface area contributed by atoms with Crippen LogP contribution in [-0.2, 0) is 0 Å². The van der Waals surface area contributed by atoms with E-state index in [1.165, 1.54) is 11.5 Å². The first kappa shape index (κ1) is 13.9. The van der Waals surface area contributed by atoms with E-state index in [1.54, 1.807) is 18.1 Å². The summed E-state index contributed by atoms with van der Waals surface area (Å²) in [5.41, 5.74) is 6.26. The van der Waals surface area contributed by atoms with Gasteiger partial charge < -0.3 is 10.5 Å². The maximum Gasteiger partial charge on any atom is 0.169 e. The Balaban J connectivity index is 1.79. The summed E-state index contributed by atoms with van der Waals surface area (Å²) in [4.78, 5) is 4.09. The quantitative estimate of drug-likeness (QED) is 0.519. The lowest BCUT2D eigenvalue weighted by Crippen LogP contribution is -2.00. The van der Waals surface area contributed by atoms with Crippen LogP contribution in [0.15, 0.2) is 34.9 Å². The SMILES string of the molecule is NCC#Cc1cccc(OCCSc2ncns2)c1. The van der Waals surface area contributed by atoms with E-state index in [2.05, 4.69) is 21.2 Å². The Labute approximate surface area is 120 Å². The van der Waals surface area contributed by atoms with Crippen molar-refractivity contribution in [3.63, 3.8) is 0 Å². The number of rotatable bonds is 5. The van der Waals surface area contributed by atoms with Gasteiger partial charge in [0, 0.05) is 11.3 Å². The molecule has 19 heavy (non-hydrogen) atoms. The van der Waals surface area contributed by atoms with Gasteiger partial charge in [0.05, 0.1) is 13.2 Å². The molecule has 1 heterocycles. The van der Waals surface area contributed by atoms with Gasteiger partial charge in [0.1, 0.15) is 12.1 Å². The molecule has 0 radical (unpaired) electrons. The van der Waals surface area contributed by atoms with Crippen molar-refractivity contribution in [1.82, 2.24) is 9.36 Å². The highest BCUT2D eigenvalue weighted by atomic mass is 32.2. The summed E-state index contributed by atoms with van der Waals surface area (Å²) in [6.45, 7) is 0.988. The Morgan fingerprint density at radius 3 is 3.16 bits per heavy atom. The molecule has 0 unspecified atom stereocenters. The number of hydrogen-bond donors (Lipinski definition) is 1. The zero-order valence-electron chi connectivity index (χ0n) is 10.2. The normalized spacial score (nSPS) is 9.74. The molecular formula is C13H13N3OS2. The fourth-order valence-electron chi connectivity index (χ4n) is 1.33. The van der Waals surface area contributed by atoms with Crippen LogP contribution in [0, 0.1) is 11.8 Å². The van der Waals surface area contributed by atoms with Gasteiger partial charge in [-0.25, -0.2) is 4.98 Å². The van der Waals surface area contributed by atoms with Gasteiger partial charge in [0.15, 0.2) is 4.34 Å². The average molecular weight is 291 g/mol. The standard InChI is InChI=1S/C13H13N3OS2/c14-6-2-4-11-3-1-5-12(9-11)17-7-8-18-13-15-10-16-19-13/h1,3,5,9-10H,6-8,14H2. The van der Waals surface area contributed by atoms with Crippen LogP contribution >= 0.6 is 23.3 Å². The van der Waals surface area contributed by atoms with E-state index in [0.717, 1.165) is 21.4 Å². The van der Waals surface area contributed by atoms with Crippen LogP contribution < -0.4 is 10.5 Å². The van der Waals surface area contributed by atoms with Gasteiger partial charge in [-0.1, -0.05) is 29.7 Å². The molecule has 0 saturated heterocycles. The molecule has 2 aromatic rings. The van der Waals surface area contributed by atoms with E-state index < -0.39 is 0 Å². The Kier molecular flexibility index (Phi) is 5.69. The van der Waals surface area contributed by atoms with Crippen LogP contribution in [-0.4, -0.2) is 28.3 Å². The second-order valence-electron chi connectivity index (χ2n) is 3.44. The van der Waals surface area contributed by atoms with Gasteiger partial charge >= 0.3 is 0 Å². The molecule has 0 aliphatic carbocycles. The van der Waals surface area contributed by atoms with Crippen molar-refractivity contribution in [2.45, 2.75) is 4.34 Å². The zero-order chi connectivity index (χ0) is 13.3. The molecule has 2 N–H and O–H groups in total. The minimum absolute atomic E-state index is 0.365. The molecule has 0 aliphatic heterocycles. The van der Waals surface area contributed by atoms with E-state index in [0.29, 0.717) is 13.2 Å². The molecule has 1 aromatic carbocycles. The Morgan fingerprint density at radius 1 is 1.42 bits per heavy atom. The van der Waals surface area contributed by atoms with Crippen molar-refractivity contribution in [2.75, 3.05) is 18.9 Å². The van der Waals surface area contributed by atoms with Crippen LogP contribution in [0.3, 0.4) is 0 Å². The third kappa shape index (κ3) is 4.91. The Hall–Kier alpha value is -1.55. The predicted molar refractivity (Wildman–Crippen MR) is 78.5 cm³/mol. The van der Waals surface area contributed by atoms with Crippen molar-refractivity contribution in [1.29, 1.82) is 0 Å². The second-order valence-corrected chi connectivity index (χ2v) is 5.56. The lowest BCUT2D eigenvalue weighted by Gasteiger charge is -2.05. The van der Waals surface area contributed by atoms with Crippen molar-refractivity contribution in [2.24, 2.45) is 5.73 Å². The predicted octanol–water partition coefficient (Wildman–Crippen LogP) is 2.02. The van der Waals surface area contributed by atoms with E-state index in [9.17, 15) is 0 Å². The molecule has 0 fully saturated rings. The molecule has 0 bridgehead atoms. The molecule has 98 valence electrons. The number of hydrogen-bond acceptors (Lipinski definition) is 6. The van der Waals surface area contributed by atoms with E-state index in [-0.39, 0.29) is 0 Å². The Morgan fingerprint density at radius 2 is 2.37 bits per heavy atom. The molecule has 4 nitrogen and oxygen atoms in total. The minimum Gasteiger partial charge on any atom is -0.493 e. The maximum absolute atomic E-state index is 5.66. The van der Waals surface area contributed by atoms with Crippen LogP contribution in [0.2, 0.25) is 0 Å². The number of thioether (sulfide) groups is 1. The summed E-state index contributed by atoms with van der Waals surface area (Å²) in [5, 5.41) is 0. The van der Waals surface area contributed by atoms with Crippen LogP contribution in [0.25, 0.3) is 0 Å². The number of ether oxygens (including phenoxy) is 1. The fraction of sp³-hybridized carbons (Fsp3) is 0.231. The number of nitrogens with zero attached hydrogens (tertiary/aromatic N) is 2. The highest BCUT2D eigenvalue weighted by Gasteiger charge is 1.99. The monoisotopic (exact) mass is 291 g/mol. The van der Waals surface area contributed by atoms with Crippen LogP contribution in [0.4, 0.5) is 0 Å². The largest absolute Gasteiger partial charge is 0.493 e. The summed E-state index contributed by atoms with van der Waals surface area (Å²) in [7, 11) is 0. The highest BCUT2D eigenvalue weighted by Crippen LogP contribution is 2.18. The van der Waals surface area contributed by atoms with Gasteiger partial charge in [0.2, 0.25) is 0 Å². The molecule has 2 rings (SSSR count). The van der Waals surface area contributed by atoms with Gasteiger partial charge in [0.25, 0.3) is 0 Å². The summed E-state index contributed by atoms with van der Waals surface area (Å²) >= 11 is 3.04. The first-order valence-electron chi connectivity index (χ1n) is 5.70. The summed E-state index contributed by atoms with van der Waals surface area (Å²) < 4.78 is 10.6. The van der Waals surface area contributed by atoms with Crippen molar-refractivity contribution in [3.05, 3.63) is 36.2 Å². The average Bonchev–Trinajstić information content (AvgIpc) is 2.95. The van der Waals surface area contributed by atoms with Crippen LogP contribution in [0.1, 0.15) is 5.56 Å². The highest BCUT2D eigenvalue weighted by molar-refractivity contribution is 8.00. The maximum atomic E-state index is 5.66. The molecule has 0 amide bonds. The van der Waals surface area contributed by atoms with Crippen molar-refractivity contribution < 1.29 is 4.74 Å². The van der Waals surface area contributed by atoms with E-state index in [4.69, 9.17) is 10.5 Å². The molecule has 6 heteroatoms. The summed E-state index contributed by atoms with van der Waals surface area (Å²) in [6.07, 6.45) is 1.56. The van der Waals surface area contributed by atoms with Gasteiger partial charge in [-0.15, -0.1) is 0 Å². The smallest absolute Gasteiger partial charge is 0.169 e. The lowest BCUT2D eigenvalue weighted by molar-refractivity contribution is 0.344. The van der Waals surface area contributed by atoms with E-state index >= 15 is 0 Å². The molecule has 0 atom stereocenters. The fourth-order valence-corrected chi connectivity index (χ4v) is 2.66. The summed E-state index contributed by atoms with van der Waals surface area (Å²) in [5.74, 6) is 7.46. The Bertz CT molecular complexity index is 561. The molecule has 0 spiro atoms. The summed E-state index contributed by atoms with van der Waals surface area (Å²) in [6, 6.07) is 7.70. The van der Waals surface area contributed by atoms with Crippen LogP contribution in [0.5, 0.6) is 5.75 Å². The number of aromatic nitrogens is 2. The molecule has 0 aliphatic rings. The first-order chi connectivity index (χ1) is 9.38. The number of nitrogens with two attached hydrogens (primary N) is 1. The zero-order valence-corrected chi connectivity index (χ0v) is 11.8. The molecular weight excluding hydrogens is 278 g/mol. The van der Waals surface area contributed by atoms with Crippen molar-refractivity contribution >= 4 is 23.3 Å². The van der Waals surface area contributed by atoms with Gasteiger partial charge in [-0.3, -0.25) is 0 Å². The number of benzene rings is 1. The third-order valence-corrected chi connectivity index (χ3v) is 3.85.